The summed E-state index contributed by atoms with van der Waals surface area (Å²) in [4.78, 5) is 22.7. The molecule has 1 rings (SSSR count). The van der Waals surface area contributed by atoms with E-state index >= 15 is 0 Å². The first-order valence-corrected chi connectivity index (χ1v) is 5.55. The Hall–Kier alpha value is -1.88. The lowest BCUT2D eigenvalue weighted by Crippen LogP contribution is -2.43. The SMILES string of the molecule is Cc1ccccc1CN(O)C(=O)C(C)(C)C(=O)O. The number of hydrogen-bond donors (Lipinski definition) is 2. The van der Waals surface area contributed by atoms with Gasteiger partial charge in [-0.2, -0.15) is 0 Å². The summed E-state index contributed by atoms with van der Waals surface area (Å²) in [6.45, 7) is 4.36. The first kappa shape index (κ1) is 14.2. The van der Waals surface area contributed by atoms with E-state index in [0.717, 1.165) is 11.1 Å². The maximum absolute atomic E-state index is 11.8. The van der Waals surface area contributed by atoms with Crippen molar-refractivity contribution in [1.29, 1.82) is 0 Å². The summed E-state index contributed by atoms with van der Waals surface area (Å²) in [5.74, 6) is -2.10. The topological polar surface area (TPSA) is 77.8 Å². The van der Waals surface area contributed by atoms with Gasteiger partial charge in [0.25, 0.3) is 5.91 Å². The Labute approximate surface area is 106 Å². The fraction of sp³-hybridized carbons (Fsp3) is 0.385. The molecule has 5 heteroatoms. The number of carbonyl (C=O) groups excluding carboxylic acids is 1. The van der Waals surface area contributed by atoms with Crippen molar-refractivity contribution in [3.8, 4) is 0 Å². The van der Waals surface area contributed by atoms with Crippen LogP contribution in [0.5, 0.6) is 0 Å². The van der Waals surface area contributed by atoms with Crippen LogP contribution in [0.25, 0.3) is 0 Å². The van der Waals surface area contributed by atoms with Crippen LogP contribution >= 0.6 is 0 Å². The van der Waals surface area contributed by atoms with Gasteiger partial charge in [-0.3, -0.25) is 14.8 Å². The van der Waals surface area contributed by atoms with Crippen LogP contribution in [0.4, 0.5) is 0 Å². The van der Waals surface area contributed by atoms with Crippen molar-refractivity contribution >= 4 is 11.9 Å². The molecule has 1 aromatic carbocycles. The monoisotopic (exact) mass is 251 g/mol. The van der Waals surface area contributed by atoms with Gasteiger partial charge in [-0.15, -0.1) is 0 Å². The standard InChI is InChI=1S/C13H17NO4/c1-9-6-4-5-7-10(9)8-14(18)11(15)13(2,3)12(16)17/h4-7,18H,8H2,1-3H3,(H,16,17). The second-order valence-electron chi connectivity index (χ2n) is 4.72. The van der Waals surface area contributed by atoms with E-state index in [2.05, 4.69) is 0 Å². The van der Waals surface area contributed by atoms with Crippen molar-refractivity contribution in [3.63, 3.8) is 0 Å². The van der Waals surface area contributed by atoms with Crippen LogP contribution in [0.1, 0.15) is 25.0 Å². The zero-order chi connectivity index (χ0) is 13.9. The van der Waals surface area contributed by atoms with E-state index in [9.17, 15) is 14.8 Å². The number of carbonyl (C=O) groups is 2. The molecule has 0 saturated carbocycles. The van der Waals surface area contributed by atoms with Gasteiger partial charge in [-0.25, -0.2) is 5.06 Å². The number of carboxylic acid groups (broad SMARTS) is 1. The second-order valence-corrected chi connectivity index (χ2v) is 4.72. The van der Waals surface area contributed by atoms with Crippen molar-refractivity contribution in [3.05, 3.63) is 35.4 Å². The molecule has 1 aromatic rings. The molecule has 98 valence electrons. The lowest BCUT2D eigenvalue weighted by molar-refractivity contribution is -0.183. The molecular formula is C13H17NO4. The van der Waals surface area contributed by atoms with Crippen LogP contribution in [-0.2, 0) is 16.1 Å². The third-order valence-corrected chi connectivity index (χ3v) is 2.89. The highest BCUT2D eigenvalue weighted by Gasteiger charge is 2.39. The first-order valence-electron chi connectivity index (χ1n) is 5.55. The Balaban J connectivity index is 2.84. The number of carboxylic acids is 1. The van der Waals surface area contributed by atoms with Crippen molar-refractivity contribution in [2.45, 2.75) is 27.3 Å². The number of hydrogen-bond acceptors (Lipinski definition) is 3. The first-order chi connectivity index (χ1) is 8.26. The summed E-state index contributed by atoms with van der Waals surface area (Å²) in [5.41, 5.74) is 0.0595. The lowest BCUT2D eigenvalue weighted by Gasteiger charge is -2.24. The summed E-state index contributed by atoms with van der Waals surface area (Å²) in [7, 11) is 0. The molecule has 0 radical (unpaired) electrons. The van der Waals surface area contributed by atoms with Crippen molar-refractivity contribution in [1.82, 2.24) is 5.06 Å². The minimum Gasteiger partial charge on any atom is -0.480 e. The number of aryl methyl sites for hydroxylation is 1. The van der Waals surface area contributed by atoms with Gasteiger partial charge in [0.05, 0.1) is 6.54 Å². The summed E-state index contributed by atoms with van der Waals surface area (Å²) in [6.07, 6.45) is 0. The van der Waals surface area contributed by atoms with Gasteiger partial charge in [0.15, 0.2) is 0 Å². The van der Waals surface area contributed by atoms with E-state index in [0.29, 0.717) is 5.06 Å². The summed E-state index contributed by atoms with van der Waals surface area (Å²) < 4.78 is 0. The highest BCUT2D eigenvalue weighted by Crippen LogP contribution is 2.20. The van der Waals surface area contributed by atoms with E-state index in [4.69, 9.17) is 5.11 Å². The van der Waals surface area contributed by atoms with Gasteiger partial charge < -0.3 is 5.11 Å². The molecule has 2 N–H and O–H groups in total. The molecule has 0 unspecified atom stereocenters. The molecule has 0 atom stereocenters. The molecule has 0 spiro atoms. The van der Waals surface area contributed by atoms with E-state index in [1.54, 1.807) is 12.1 Å². The smallest absolute Gasteiger partial charge is 0.318 e. The van der Waals surface area contributed by atoms with Crippen LogP contribution in [0.15, 0.2) is 24.3 Å². The minimum absolute atomic E-state index is 0.0256. The van der Waals surface area contributed by atoms with Gasteiger partial charge >= 0.3 is 5.97 Å². The van der Waals surface area contributed by atoms with E-state index in [-0.39, 0.29) is 6.54 Å². The highest BCUT2D eigenvalue weighted by molar-refractivity contribution is 6.00. The second kappa shape index (κ2) is 5.18. The van der Waals surface area contributed by atoms with Gasteiger partial charge in [-0.05, 0) is 31.9 Å². The molecule has 5 nitrogen and oxygen atoms in total. The fourth-order valence-corrected chi connectivity index (χ4v) is 1.43. The Kier molecular flexibility index (Phi) is 4.08. The number of hydroxylamine groups is 2. The molecule has 0 fully saturated rings. The Morgan fingerprint density at radius 3 is 2.33 bits per heavy atom. The van der Waals surface area contributed by atoms with E-state index < -0.39 is 17.3 Å². The average Bonchev–Trinajstić information content (AvgIpc) is 2.30. The normalized spacial score (nSPS) is 11.1. The van der Waals surface area contributed by atoms with Crippen molar-refractivity contribution in [2.24, 2.45) is 5.41 Å². The molecule has 0 aliphatic rings. The average molecular weight is 251 g/mol. The molecule has 0 aliphatic heterocycles. The molecule has 1 amide bonds. The molecule has 0 aromatic heterocycles. The van der Waals surface area contributed by atoms with Gasteiger partial charge in [0.2, 0.25) is 0 Å². The predicted octanol–water partition coefficient (Wildman–Crippen LogP) is 1.82. The van der Waals surface area contributed by atoms with Gasteiger partial charge in [0.1, 0.15) is 5.41 Å². The van der Waals surface area contributed by atoms with Crippen LogP contribution in [-0.4, -0.2) is 27.3 Å². The van der Waals surface area contributed by atoms with Crippen LogP contribution in [0.2, 0.25) is 0 Å². The number of aliphatic carboxylic acids is 1. The third-order valence-electron chi connectivity index (χ3n) is 2.89. The molecule has 0 aliphatic carbocycles. The number of benzene rings is 1. The zero-order valence-corrected chi connectivity index (χ0v) is 10.7. The molecular weight excluding hydrogens is 234 g/mol. The fourth-order valence-electron chi connectivity index (χ4n) is 1.43. The van der Waals surface area contributed by atoms with Crippen LogP contribution < -0.4 is 0 Å². The van der Waals surface area contributed by atoms with Crippen LogP contribution in [0, 0.1) is 12.3 Å². The summed E-state index contributed by atoms with van der Waals surface area (Å²) in [6, 6.07) is 7.28. The maximum Gasteiger partial charge on any atom is 0.318 e. The highest BCUT2D eigenvalue weighted by atomic mass is 16.5. The summed E-state index contributed by atoms with van der Waals surface area (Å²) >= 11 is 0. The quantitative estimate of drug-likeness (QED) is 0.486. The van der Waals surface area contributed by atoms with Crippen molar-refractivity contribution < 1.29 is 19.9 Å². The predicted molar refractivity (Wildman–Crippen MR) is 64.9 cm³/mol. The molecule has 0 heterocycles. The maximum atomic E-state index is 11.8. The largest absolute Gasteiger partial charge is 0.480 e. The summed E-state index contributed by atoms with van der Waals surface area (Å²) in [5, 5.41) is 19.1. The number of nitrogens with zero attached hydrogens (tertiary/aromatic N) is 1. The molecule has 0 bridgehead atoms. The zero-order valence-electron chi connectivity index (χ0n) is 10.7. The number of rotatable bonds is 4. The minimum atomic E-state index is -1.64. The van der Waals surface area contributed by atoms with Gasteiger partial charge in [-0.1, -0.05) is 24.3 Å². The third kappa shape index (κ3) is 2.87. The van der Waals surface area contributed by atoms with Gasteiger partial charge in [0, 0.05) is 0 Å². The number of amides is 1. The van der Waals surface area contributed by atoms with Crippen LogP contribution in [0.3, 0.4) is 0 Å². The lowest BCUT2D eigenvalue weighted by atomic mass is 9.92. The molecule has 18 heavy (non-hydrogen) atoms. The Bertz CT molecular complexity index is 468. The van der Waals surface area contributed by atoms with Crippen molar-refractivity contribution in [2.75, 3.05) is 0 Å². The van der Waals surface area contributed by atoms with E-state index in [1.807, 2.05) is 19.1 Å². The Morgan fingerprint density at radius 2 is 1.83 bits per heavy atom. The molecule has 0 saturated heterocycles. The Morgan fingerprint density at radius 1 is 1.28 bits per heavy atom. The van der Waals surface area contributed by atoms with E-state index in [1.165, 1.54) is 13.8 Å².